The number of halogens is 1. The van der Waals surface area contributed by atoms with Gasteiger partial charge in [0.2, 0.25) is 11.8 Å². The Labute approximate surface area is 223 Å². The molecule has 1 fully saturated rings. The number of rotatable bonds is 9. The van der Waals surface area contributed by atoms with Gasteiger partial charge in [-0.3, -0.25) is 14.5 Å². The number of guanidine groups is 1. The number of nitrogens with two attached hydrogens (primary N) is 1. The van der Waals surface area contributed by atoms with Crippen LogP contribution in [0.3, 0.4) is 0 Å². The molecule has 2 aliphatic heterocycles. The van der Waals surface area contributed by atoms with Crippen LogP contribution >= 0.6 is 11.6 Å². The summed E-state index contributed by atoms with van der Waals surface area (Å²) in [6.07, 6.45) is 1.94. The highest BCUT2D eigenvalue weighted by atomic mass is 35.5. The Morgan fingerprint density at radius 3 is 2.70 bits per heavy atom. The standard InChI is InChI=1S/C27H39ClN4O5/c1-6-27(7-2)14-21(33)32(25(29)31-27)19(10-11-36-5)16-13-17(16)24(35)30-22-18-12-15(28)8-9-20(18)37-26(3,4)23(22)34/h8-9,12,16-17,19,22-23,34H,6-7,10-11,13-14H2,1-5H3,(H2,29,31)(H,30,35)/t16-,17-,19-,22-,23+/m1/s1. The molecule has 2 amide bonds. The molecule has 1 aliphatic carbocycles. The molecule has 3 aliphatic rings. The van der Waals surface area contributed by atoms with Crippen molar-refractivity contribution in [3.05, 3.63) is 28.8 Å². The average Bonchev–Trinajstić information content (AvgIpc) is 3.64. The monoisotopic (exact) mass is 534 g/mol. The van der Waals surface area contributed by atoms with Gasteiger partial charge in [-0.25, -0.2) is 4.99 Å². The Morgan fingerprint density at radius 1 is 1.38 bits per heavy atom. The van der Waals surface area contributed by atoms with Crippen LogP contribution in [0.25, 0.3) is 0 Å². The fraction of sp³-hybridized carbons (Fsp3) is 0.667. The van der Waals surface area contributed by atoms with E-state index >= 15 is 0 Å². The largest absolute Gasteiger partial charge is 0.485 e. The van der Waals surface area contributed by atoms with Gasteiger partial charge in [0.05, 0.1) is 18.0 Å². The zero-order chi connectivity index (χ0) is 27.1. The van der Waals surface area contributed by atoms with Crippen LogP contribution in [0, 0.1) is 11.8 Å². The maximum Gasteiger partial charge on any atom is 0.231 e. The van der Waals surface area contributed by atoms with E-state index in [1.165, 1.54) is 0 Å². The van der Waals surface area contributed by atoms with Gasteiger partial charge in [0, 0.05) is 36.3 Å². The van der Waals surface area contributed by atoms with Crippen molar-refractivity contribution in [2.45, 2.75) is 89.1 Å². The molecule has 5 atom stereocenters. The smallest absolute Gasteiger partial charge is 0.231 e. The van der Waals surface area contributed by atoms with Crippen LogP contribution in [-0.2, 0) is 14.3 Å². The van der Waals surface area contributed by atoms with E-state index in [-0.39, 0.29) is 35.7 Å². The minimum absolute atomic E-state index is 0.0615. The number of benzene rings is 1. The van der Waals surface area contributed by atoms with Crippen LogP contribution < -0.4 is 15.8 Å². The number of fused-ring (bicyclic) bond motifs is 1. The molecular weight excluding hydrogens is 496 g/mol. The molecule has 0 bridgehead atoms. The van der Waals surface area contributed by atoms with Gasteiger partial charge in [0.15, 0.2) is 5.96 Å². The Balaban J connectivity index is 1.54. The number of hydrogen-bond acceptors (Lipinski definition) is 7. The zero-order valence-corrected chi connectivity index (χ0v) is 23.0. The molecule has 4 N–H and O–H groups in total. The number of methoxy groups -OCH3 is 1. The minimum atomic E-state index is -0.980. The molecule has 0 radical (unpaired) electrons. The SMILES string of the molecule is CCC1(CC)CC(=O)N([C@H](CCOC)[C@@H]2C[C@H]2C(=O)N[C@@H]2c3cc(Cl)ccc3OC(C)(C)[C@H]2O)C(N)=N1. The third kappa shape index (κ3) is 5.31. The maximum absolute atomic E-state index is 13.5. The molecule has 4 rings (SSSR count). The molecule has 0 aromatic heterocycles. The number of aliphatic hydroxyl groups is 1. The van der Waals surface area contributed by atoms with E-state index < -0.39 is 23.3 Å². The zero-order valence-electron chi connectivity index (χ0n) is 22.3. The lowest BCUT2D eigenvalue weighted by Gasteiger charge is -2.42. The Bertz CT molecular complexity index is 1070. The van der Waals surface area contributed by atoms with E-state index in [4.69, 9.17) is 31.8 Å². The summed E-state index contributed by atoms with van der Waals surface area (Å²) in [6, 6.07) is 4.21. The number of amides is 2. The van der Waals surface area contributed by atoms with E-state index in [1.807, 2.05) is 13.8 Å². The highest BCUT2D eigenvalue weighted by Crippen LogP contribution is 2.47. The normalized spacial score (nSPS) is 28.6. The Morgan fingerprint density at radius 2 is 2.08 bits per heavy atom. The van der Waals surface area contributed by atoms with Gasteiger partial charge < -0.3 is 25.6 Å². The van der Waals surface area contributed by atoms with Gasteiger partial charge in [0.25, 0.3) is 0 Å². The number of nitrogens with zero attached hydrogens (tertiary/aromatic N) is 2. The molecule has 1 aromatic carbocycles. The number of ether oxygens (including phenoxy) is 2. The summed E-state index contributed by atoms with van der Waals surface area (Å²) in [7, 11) is 1.61. The summed E-state index contributed by atoms with van der Waals surface area (Å²) in [4.78, 5) is 33.1. The fourth-order valence-electron chi connectivity index (χ4n) is 5.75. The van der Waals surface area contributed by atoms with Crippen molar-refractivity contribution >= 4 is 29.4 Å². The second kappa shape index (κ2) is 10.4. The summed E-state index contributed by atoms with van der Waals surface area (Å²) < 4.78 is 11.3. The first-order valence-corrected chi connectivity index (χ1v) is 13.5. The summed E-state index contributed by atoms with van der Waals surface area (Å²) in [5.41, 5.74) is 5.64. The number of hydrogen-bond donors (Lipinski definition) is 3. The number of carbonyl (C=O) groups is 2. The molecule has 0 saturated heterocycles. The van der Waals surface area contributed by atoms with Crippen molar-refractivity contribution in [2.75, 3.05) is 13.7 Å². The first-order chi connectivity index (χ1) is 17.5. The van der Waals surface area contributed by atoms with Crippen molar-refractivity contribution in [3.8, 4) is 5.75 Å². The van der Waals surface area contributed by atoms with Gasteiger partial charge in [0.1, 0.15) is 17.5 Å². The Kier molecular flexibility index (Phi) is 7.79. The summed E-state index contributed by atoms with van der Waals surface area (Å²) in [6.45, 7) is 8.03. The van der Waals surface area contributed by atoms with Crippen LogP contribution in [0.1, 0.15) is 71.4 Å². The van der Waals surface area contributed by atoms with Gasteiger partial charge in [-0.05, 0) is 63.6 Å². The van der Waals surface area contributed by atoms with E-state index in [0.29, 0.717) is 42.2 Å². The molecule has 0 spiro atoms. The topological polar surface area (TPSA) is 126 Å². The molecule has 1 aromatic rings. The predicted octanol–water partition coefficient (Wildman–Crippen LogP) is 3.18. The highest BCUT2D eigenvalue weighted by molar-refractivity contribution is 6.30. The third-order valence-electron chi connectivity index (χ3n) is 8.29. The molecule has 1 saturated carbocycles. The number of aliphatic hydroxyl groups excluding tert-OH is 1. The summed E-state index contributed by atoms with van der Waals surface area (Å²) >= 11 is 6.22. The predicted molar refractivity (Wildman–Crippen MR) is 141 cm³/mol. The lowest BCUT2D eigenvalue weighted by Crippen LogP contribution is -2.56. The molecule has 9 nitrogen and oxygen atoms in total. The van der Waals surface area contributed by atoms with Crippen molar-refractivity contribution < 1.29 is 24.2 Å². The maximum atomic E-state index is 13.5. The second-order valence-corrected chi connectivity index (χ2v) is 11.5. The molecule has 10 heteroatoms. The third-order valence-corrected chi connectivity index (χ3v) is 8.52. The quantitative estimate of drug-likeness (QED) is 0.446. The van der Waals surface area contributed by atoms with E-state index in [2.05, 4.69) is 5.32 Å². The van der Waals surface area contributed by atoms with Crippen LogP contribution in [-0.4, -0.2) is 64.8 Å². The lowest BCUT2D eigenvalue weighted by molar-refractivity contribution is -0.133. The molecular formula is C27H39ClN4O5. The van der Waals surface area contributed by atoms with Crippen LogP contribution in [0.2, 0.25) is 5.02 Å². The molecule has 204 valence electrons. The minimum Gasteiger partial charge on any atom is -0.485 e. The first kappa shape index (κ1) is 27.7. The lowest BCUT2D eigenvalue weighted by atomic mass is 9.86. The van der Waals surface area contributed by atoms with E-state index in [1.54, 1.807) is 44.1 Å². The fourth-order valence-corrected chi connectivity index (χ4v) is 5.93. The molecule has 2 heterocycles. The van der Waals surface area contributed by atoms with Crippen molar-refractivity contribution in [2.24, 2.45) is 22.6 Å². The summed E-state index contributed by atoms with van der Waals surface area (Å²) in [5, 5.41) is 14.6. The van der Waals surface area contributed by atoms with Crippen molar-refractivity contribution in [1.29, 1.82) is 0 Å². The van der Waals surface area contributed by atoms with Gasteiger partial charge >= 0.3 is 0 Å². The van der Waals surface area contributed by atoms with Crippen molar-refractivity contribution in [1.82, 2.24) is 10.2 Å². The first-order valence-electron chi connectivity index (χ1n) is 13.1. The number of nitrogens with one attached hydrogen (secondary N) is 1. The van der Waals surface area contributed by atoms with E-state index in [9.17, 15) is 14.7 Å². The van der Waals surface area contributed by atoms with Gasteiger partial charge in [-0.2, -0.15) is 0 Å². The van der Waals surface area contributed by atoms with E-state index in [0.717, 1.165) is 12.8 Å². The average molecular weight is 535 g/mol. The van der Waals surface area contributed by atoms with Gasteiger partial charge in [-0.1, -0.05) is 25.4 Å². The van der Waals surface area contributed by atoms with Crippen molar-refractivity contribution in [3.63, 3.8) is 0 Å². The summed E-state index contributed by atoms with van der Waals surface area (Å²) in [5.74, 6) is 0.135. The highest BCUT2D eigenvalue weighted by Gasteiger charge is 2.53. The van der Waals surface area contributed by atoms with Crippen LogP contribution in [0.4, 0.5) is 0 Å². The van der Waals surface area contributed by atoms with Crippen LogP contribution in [0.5, 0.6) is 5.75 Å². The Hall–Kier alpha value is -2.36. The number of carbonyl (C=O) groups excluding carboxylic acids is 2. The second-order valence-electron chi connectivity index (χ2n) is 11.0. The van der Waals surface area contributed by atoms with Crippen LogP contribution in [0.15, 0.2) is 23.2 Å². The molecule has 0 unspecified atom stereocenters. The number of aliphatic imine (C=N–C) groups is 1. The van der Waals surface area contributed by atoms with Gasteiger partial charge in [-0.15, -0.1) is 0 Å². The molecule has 37 heavy (non-hydrogen) atoms.